The molecule has 0 spiro atoms. The fourth-order valence-corrected chi connectivity index (χ4v) is 2.69. The molecule has 152 valence electrons. The van der Waals surface area contributed by atoms with E-state index in [2.05, 4.69) is 10.6 Å². The van der Waals surface area contributed by atoms with E-state index < -0.39 is 16.7 Å². The molecular formula is C22H19N3O5. The van der Waals surface area contributed by atoms with Gasteiger partial charge in [-0.25, -0.2) is 0 Å². The van der Waals surface area contributed by atoms with Crippen molar-refractivity contribution >= 4 is 23.6 Å². The Kier molecular flexibility index (Phi) is 6.07. The summed E-state index contributed by atoms with van der Waals surface area (Å²) in [6.07, 6.45) is 1.39. The number of hydrogen-bond acceptors (Lipinski definition) is 5. The summed E-state index contributed by atoms with van der Waals surface area (Å²) in [6, 6.07) is 16.2. The highest BCUT2D eigenvalue weighted by Gasteiger charge is 2.15. The van der Waals surface area contributed by atoms with Gasteiger partial charge in [-0.2, -0.15) is 0 Å². The fraction of sp³-hybridized carbons (Fsp3) is 0.0909. The third-order valence-corrected chi connectivity index (χ3v) is 4.29. The fourth-order valence-electron chi connectivity index (χ4n) is 2.69. The molecule has 0 unspecified atom stereocenters. The molecule has 2 amide bonds. The van der Waals surface area contributed by atoms with Crippen LogP contribution in [0.3, 0.4) is 0 Å². The second-order valence-corrected chi connectivity index (χ2v) is 6.47. The highest BCUT2D eigenvalue weighted by Crippen LogP contribution is 2.26. The SMILES string of the molecule is CNC(=O)/C(=C\c1ccc(-c2cccc([N+](=O)[O-])c2)o1)NC(=O)c1ccc(C)cc1. The number of hydrogen-bond donors (Lipinski definition) is 2. The lowest BCUT2D eigenvalue weighted by Crippen LogP contribution is -2.33. The minimum atomic E-state index is -0.497. The zero-order valence-electron chi connectivity index (χ0n) is 16.3. The normalized spacial score (nSPS) is 11.1. The number of amides is 2. The van der Waals surface area contributed by atoms with E-state index in [1.165, 1.54) is 25.3 Å². The number of rotatable bonds is 6. The molecule has 2 N–H and O–H groups in total. The standard InChI is InChI=1S/C22H19N3O5/c1-14-6-8-15(9-7-14)21(26)24-19(22(27)23-2)13-18-10-11-20(30-18)16-4-3-5-17(12-16)25(28)29/h3-13H,1-2H3,(H,23,27)(H,24,26)/b19-13+. The van der Waals surface area contributed by atoms with Crippen molar-refractivity contribution in [2.45, 2.75) is 6.92 Å². The van der Waals surface area contributed by atoms with Gasteiger partial charge in [-0.1, -0.05) is 29.8 Å². The summed E-state index contributed by atoms with van der Waals surface area (Å²) >= 11 is 0. The molecule has 0 radical (unpaired) electrons. The number of non-ortho nitro benzene ring substituents is 1. The van der Waals surface area contributed by atoms with E-state index in [1.54, 1.807) is 48.5 Å². The molecule has 0 aliphatic heterocycles. The first-order valence-corrected chi connectivity index (χ1v) is 9.04. The number of aryl methyl sites for hydroxylation is 1. The van der Waals surface area contributed by atoms with Crippen LogP contribution in [-0.4, -0.2) is 23.8 Å². The first kappa shape index (κ1) is 20.5. The summed E-state index contributed by atoms with van der Waals surface area (Å²) in [7, 11) is 1.45. The molecule has 30 heavy (non-hydrogen) atoms. The lowest BCUT2D eigenvalue weighted by atomic mass is 10.1. The van der Waals surface area contributed by atoms with E-state index in [4.69, 9.17) is 4.42 Å². The van der Waals surface area contributed by atoms with Crippen LogP contribution in [0.2, 0.25) is 0 Å². The first-order chi connectivity index (χ1) is 14.4. The Bertz CT molecular complexity index is 1130. The van der Waals surface area contributed by atoms with Crippen molar-refractivity contribution in [1.29, 1.82) is 0 Å². The van der Waals surface area contributed by atoms with Crippen molar-refractivity contribution in [3.8, 4) is 11.3 Å². The number of likely N-dealkylation sites (N-methyl/N-ethyl adjacent to an activating group) is 1. The van der Waals surface area contributed by atoms with E-state index in [9.17, 15) is 19.7 Å². The van der Waals surface area contributed by atoms with Crippen LogP contribution in [0.4, 0.5) is 5.69 Å². The van der Waals surface area contributed by atoms with Crippen molar-refractivity contribution < 1.29 is 18.9 Å². The van der Waals surface area contributed by atoms with Crippen LogP contribution in [0.25, 0.3) is 17.4 Å². The van der Waals surface area contributed by atoms with Crippen molar-refractivity contribution in [3.05, 3.63) is 93.4 Å². The highest BCUT2D eigenvalue weighted by molar-refractivity contribution is 6.05. The van der Waals surface area contributed by atoms with Gasteiger partial charge in [0.25, 0.3) is 17.5 Å². The van der Waals surface area contributed by atoms with E-state index in [0.717, 1.165) is 5.56 Å². The summed E-state index contributed by atoms with van der Waals surface area (Å²) in [6.45, 7) is 1.91. The third kappa shape index (κ3) is 4.79. The largest absolute Gasteiger partial charge is 0.457 e. The molecule has 0 aliphatic carbocycles. The van der Waals surface area contributed by atoms with Crippen LogP contribution in [0, 0.1) is 17.0 Å². The van der Waals surface area contributed by atoms with E-state index in [-0.39, 0.29) is 11.4 Å². The predicted molar refractivity (Wildman–Crippen MR) is 111 cm³/mol. The summed E-state index contributed by atoms with van der Waals surface area (Å²) < 4.78 is 5.70. The van der Waals surface area contributed by atoms with E-state index >= 15 is 0 Å². The van der Waals surface area contributed by atoms with Gasteiger partial charge in [-0.05, 0) is 31.2 Å². The smallest absolute Gasteiger partial charge is 0.270 e. The monoisotopic (exact) mass is 405 g/mol. The molecule has 0 bridgehead atoms. The summed E-state index contributed by atoms with van der Waals surface area (Å²) in [4.78, 5) is 35.2. The van der Waals surface area contributed by atoms with Crippen molar-refractivity contribution in [2.75, 3.05) is 7.05 Å². The van der Waals surface area contributed by atoms with Gasteiger partial charge >= 0.3 is 0 Å². The molecule has 3 rings (SSSR count). The molecular weight excluding hydrogens is 386 g/mol. The van der Waals surface area contributed by atoms with Gasteiger partial charge in [-0.3, -0.25) is 19.7 Å². The van der Waals surface area contributed by atoms with Crippen LogP contribution in [0.15, 0.2) is 70.8 Å². The molecule has 8 nitrogen and oxygen atoms in total. The topological polar surface area (TPSA) is 114 Å². The van der Waals surface area contributed by atoms with Gasteiger partial charge in [0, 0.05) is 36.4 Å². The predicted octanol–water partition coefficient (Wildman–Crippen LogP) is 3.68. The van der Waals surface area contributed by atoms with Gasteiger partial charge in [0.2, 0.25) is 0 Å². The Labute approximate surface area is 172 Å². The lowest BCUT2D eigenvalue weighted by Gasteiger charge is -2.08. The Morgan fingerprint density at radius 2 is 1.80 bits per heavy atom. The van der Waals surface area contributed by atoms with Crippen LogP contribution in [0.5, 0.6) is 0 Å². The molecule has 2 aromatic carbocycles. The Balaban J connectivity index is 1.87. The number of benzene rings is 2. The molecule has 0 atom stereocenters. The molecule has 8 heteroatoms. The second-order valence-electron chi connectivity index (χ2n) is 6.47. The Morgan fingerprint density at radius 1 is 1.07 bits per heavy atom. The number of furan rings is 1. The highest BCUT2D eigenvalue weighted by atomic mass is 16.6. The first-order valence-electron chi connectivity index (χ1n) is 9.04. The number of carbonyl (C=O) groups excluding carboxylic acids is 2. The number of nitrogens with one attached hydrogen (secondary N) is 2. The maximum absolute atomic E-state index is 12.5. The van der Waals surface area contributed by atoms with Crippen molar-refractivity contribution in [2.24, 2.45) is 0 Å². The summed E-state index contributed by atoms with van der Waals surface area (Å²) in [5.74, 6) is -0.232. The average molecular weight is 405 g/mol. The Hall–Kier alpha value is -4.20. The van der Waals surface area contributed by atoms with Crippen LogP contribution < -0.4 is 10.6 Å². The maximum Gasteiger partial charge on any atom is 0.270 e. The van der Waals surface area contributed by atoms with E-state index in [0.29, 0.717) is 22.6 Å². The minimum Gasteiger partial charge on any atom is -0.457 e. The number of nitrogens with zero attached hydrogens (tertiary/aromatic N) is 1. The Morgan fingerprint density at radius 3 is 2.47 bits per heavy atom. The van der Waals surface area contributed by atoms with Gasteiger partial charge < -0.3 is 15.1 Å². The van der Waals surface area contributed by atoms with Crippen LogP contribution in [0.1, 0.15) is 21.7 Å². The molecule has 0 saturated carbocycles. The lowest BCUT2D eigenvalue weighted by molar-refractivity contribution is -0.384. The van der Waals surface area contributed by atoms with Crippen molar-refractivity contribution in [1.82, 2.24) is 10.6 Å². The number of carbonyl (C=O) groups is 2. The molecule has 1 heterocycles. The van der Waals surface area contributed by atoms with Crippen LogP contribution >= 0.6 is 0 Å². The maximum atomic E-state index is 12.5. The molecule has 1 aromatic heterocycles. The zero-order chi connectivity index (χ0) is 21.7. The molecule has 0 saturated heterocycles. The quantitative estimate of drug-likeness (QED) is 0.369. The zero-order valence-corrected chi connectivity index (χ0v) is 16.3. The average Bonchev–Trinajstić information content (AvgIpc) is 3.21. The number of nitro groups is 1. The van der Waals surface area contributed by atoms with Gasteiger partial charge in [-0.15, -0.1) is 0 Å². The summed E-state index contributed by atoms with van der Waals surface area (Å²) in [5, 5.41) is 16.0. The van der Waals surface area contributed by atoms with Gasteiger partial charge in [0.05, 0.1) is 4.92 Å². The second kappa shape index (κ2) is 8.87. The summed E-state index contributed by atoms with van der Waals surface area (Å²) in [5.41, 5.74) is 1.89. The molecule has 0 fully saturated rings. The molecule has 3 aromatic rings. The molecule has 0 aliphatic rings. The van der Waals surface area contributed by atoms with Gasteiger partial charge in [0.15, 0.2) is 0 Å². The number of nitro benzene ring substituents is 1. The van der Waals surface area contributed by atoms with Crippen LogP contribution in [-0.2, 0) is 4.79 Å². The van der Waals surface area contributed by atoms with Crippen molar-refractivity contribution in [3.63, 3.8) is 0 Å². The third-order valence-electron chi connectivity index (χ3n) is 4.29. The van der Waals surface area contributed by atoms with E-state index in [1.807, 2.05) is 6.92 Å². The minimum absolute atomic E-state index is 0.00279. The van der Waals surface area contributed by atoms with Gasteiger partial charge in [0.1, 0.15) is 17.2 Å².